The van der Waals surface area contributed by atoms with Crippen LogP contribution in [-0.2, 0) is 9.53 Å². The van der Waals surface area contributed by atoms with Crippen molar-refractivity contribution in [3.63, 3.8) is 0 Å². The van der Waals surface area contributed by atoms with Gasteiger partial charge in [0.1, 0.15) is 0 Å². The Balaban J connectivity index is 0. The molecule has 62 valence electrons. The van der Waals surface area contributed by atoms with Gasteiger partial charge in [-0.1, -0.05) is 27.2 Å². The zero-order valence-corrected chi connectivity index (χ0v) is 7.44. The molecule has 0 unspecified atom stereocenters. The van der Waals surface area contributed by atoms with Crippen molar-refractivity contribution in [1.29, 1.82) is 0 Å². The molecule has 0 heterocycles. The molecule has 2 nitrogen and oxygen atoms in total. The minimum atomic E-state index is -0.105. The van der Waals surface area contributed by atoms with Gasteiger partial charge in [-0.3, -0.25) is 4.79 Å². The Hall–Kier alpha value is -0.530. The Kier molecular flexibility index (Phi) is 13.7. The van der Waals surface area contributed by atoms with E-state index in [0.29, 0.717) is 6.42 Å². The van der Waals surface area contributed by atoms with Crippen LogP contribution < -0.4 is 0 Å². The maximum Gasteiger partial charge on any atom is 0.305 e. The smallest absolute Gasteiger partial charge is 0.305 e. The van der Waals surface area contributed by atoms with Crippen molar-refractivity contribution in [3.8, 4) is 0 Å². The fourth-order valence-electron chi connectivity index (χ4n) is 0.423. The Bertz CT molecular complexity index is 69.7. The molecule has 0 radical (unpaired) electrons. The van der Waals surface area contributed by atoms with Crippen molar-refractivity contribution in [2.24, 2.45) is 0 Å². The molecule has 0 aromatic rings. The number of methoxy groups -OCH3 is 1. The average Bonchev–Trinajstić information content (AvgIpc) is 2.04. The summed E-state index contributed by atoms with van der Waals surface area (Å²) in [5, 5.41) is 0. The first-order valence-electron chi connectivity index (χ1n) is 3.88. The van der Waals surface area contributed by atoms with Gasteiger partial charge >= 0.3 is 5.97 Å². The molecule has 0 amide bonds. The summed E-state index contributed by atoms with van der Waals surface area (Å²) >= 11 is 0. The van der Waals surface area contributed by atoms with Crippen LogP contribution in [0.15, 0.2) is 0 Å². The maximum atomic E-state index is 10.3. The molecule has 0 atom stereocenters. The third-order valence-corrected chi connectivity index (χ3v) is 0.962. The molecule has 0 rings (SSSR count). The lowest BCUT2D eigenvalue weighted by Crippen LogP contribution is -1.98. The van der Waals surface area contributed by atoms with Gasteiger partial charge in [-0.25, -0.2) is 0 Å². The normalized spacial score (nSPS) is 7.60. The van der Waals surface area contributed by atoms with Crippen LogP contribution in [0.2, 0.25) is 0 Å². The molecule has 0 aliphatic heterocycles. The molecule has 0 aromatic heterocycles. The minimum absolute atomic E-state index is 0.105. The number of carbonyl (C=O) groups is 1. The molecule has 0 saturated heterocycles. The number of esters is 1. The van der Waals surface area contributed by atoms with E-state index in [1.807, 2.05) is 20.8 Å². The van der Waals surface area contributed by atoms with Crippen molar-refractivity contribution < 1.29 is 9.53 Å². The predicted molar refractivity (Wildman–Crippen MR) is 42.9 cm³/mol. The molecule has 0 fully saturated rings. The zero-order valence-electron chi connectivity index (χ0n) is 7.44. The van der Waals surface area contributed by atoms with Gasteiger partial charge in [0, 0.05) is 6.42 Å². The van der Waals surface area contributed by atoms with Gasteiger partial charge in [0.15, 0.2) is 0 Å². The van der Waals surface area contributed by atoms with Crippen molar-refractivity contribution in [2.45, 2.75) is 40.0 Å². The summed E-state index contributed by atoms with van der Waals surface area (Å²) < 4.78 is 4.41. The molecule has 0 N–H and O–H groups in total. The van der Waals surface area contributed by atoms with Crippen LogP contribution in [0.5, 0.6) is 0 Å². The highest BCUT2D eigenvalue weighted by molar-refractivity contribution is 5.68. The number of rotatable bonds is 3. The van der Waals surface area contributed by atoms with Crippen LogP contribution in [-0.4, -0.2) is 13.1 Å². The van der Waals surface area contributed by atoms with Crippen LogP contribution in [0.4, 0.5) is 0 Å². The number of hydrogen-bond acceptors (Lipinski definition) is 2. The summed E-state index contributed by atoms with van der Waals surface area (Å²) in [4.78, 5) is 10.3. The zero-order chi connectivity index (χ0) is 8.41. The van der Waals surface area contributed by atoms with Crippen molar-refractivity contribution in [2.75, 3.05) is 7.11 Å². The monoisotopic (exact) mass is 146 g/mol. The Morgan fingerprint density at radius 3 is 2.20 bits per heavy atom. The standard InChI is InChI=1S/C6H12O2.C2H6/c1-3-4-5-6(7)8-2;1-2/h3-5H2,1-2H3;1-2H3. The Morgan fingerprint density at radius 1 is 1.40 bits per heavy atom. The van der Waals surface area contributed by atoms with Crippen molar-refractivity contribution in [3.05, 3.63) is 0 Å². The number of carbonyl (C=O) groups excluding carboxylic acids is 1. The molecule has 0 spiro atoms. The fourth-order valence-corrected chi connectivity index (χ4v) is 0.423. The highest BCUT2D eigenvalue weighted by Gasteiger charge is 1.95. The van der Waals surface area contributed by atoms with Crippen LogP contribution in [0.1, 0.15) is 40.0 Å². The highest BCUT2D eigenvalue weighted by atomic mass is 16.5. The summed E-state index contributed by atoms with van der Waals surface area (Å²) in [6.45, 7) is 6.04. The average molecular weight is 146 g/mol. The van der Waals surface area contributed by atoms with Crippen LogP contribution >= 0.6 is 0 Å². The van der Waals surface area contributed by atoms with E-state index >= 15 is 0 Å². The molecule has 2 heteroatoms. The van der Waals surface area contributed by atoms with E-state index in [9.17, 15) is 4.79 Å². The van der Waals surface area contributed by atoms with Crippen molar-refractivity contribution >= 4 is 5.97 Å². The van der Waals surface area contributed by atoms with Gasteiger partial charge < -0.3 is 4.74 Å². The molecular formula is C8H18O2. The Morgan fingerprint density at radius 2 is 1.90 bits per heavy atom. The number of unbranched alkanes of at least 4 members (excludes halogenated alkanes) is 1. The first-order chi connectivity index (χ1) is 4.81. The third kappa shape index (κ3) is 10.5. The molecule has 10 heavy (non-hydrogen) atoms. The molecule has 0 aromatic carbocycles. The van der Waals surface area contributed by atoms with E-state index < -0.39 is 0 Å². The van der Waals surface area contributed by atoms with E-state index in [4.69, 9.17) is 0 Å². The lowest BCUT2D eigenvalue weighted by Gasteiger charge is -1.93. The van der Waals surface area contributed by atoms with Crippen molar-refractivity contribution in [1.82, 2.24) is 0 Å². The lowest BCUT2D eigenvalue weighted by atomic mass is 10.3. The summed E-state index contributed by atoms with van der Waals surface area (Å²) in [6.07, 6.45) is 2.55. The van der Waals surface area contributed by atoms with E-state index in [2.05, 4.69) is 4.74 Å². The number of hydrogen-bond donors (Lipinski definition) is 0. The summed E-state index contributed by atoms with van der Waals surface area (Å²) in [6, 6.07) is 0. The second-order valence-electron chi connectivity index (χ2n) is 1.68. The third-order valence-electron chi connectivity index (χ3n) is 0.962. The second-order valence-corrected chi connectivity index (χ2v) is 1.68. The first-order valence-corrected chi connectivity index (χ1v) is 3.88. The molecule has 0 saturated carbocycles. The van der Waals surface area contributed by atoms with Gasteiger partial charge in [-0.2, -0.15) is 0 Å². The summed E-state index contributed by atoms with van der Waals surface area (Å²) in [7, 11) is 1.41. The van der Waals surface area contributed by atoms with E-state index in [1.165, 1.54) is 7.11 Å². The summed E-state index contributed by atoms with van der Waals surface area (Å²) in [5.41, 5.74) is 0. The molecular weight excluding hydrogens is 128 g/mol. The summed E-state index contributed by atoms with van der Waals surface area (Å²) in [5.74, 6) is -0.105. The highest BCUT2D eigenvalue weighted by Crippen LogP contribution is 1.94. The van der Waals surface area contributed by atoms with E-state index in [0.717, 1.165) is 12.8 Å². The largest absolute Gasteiger partial charge is 0.469 e. The Labute approximate surface area is 63.6 Å². The second kappa shape index (κ2) is 11.3. The molecule has 0 aliphatic carbocycles. The number of ether oxygens (including phenoxy) is 1. The van der Waals surface area contributed by atoms with Crippen LogP contribution in [0.25, 0.3) is 0 Å². The van der Waals surface area contributed by atoms with Crippen LogP contribution in [0.3, 0.4) is 0 Å². The first kappa shape index (κ1) is 12.2. The predicted octanol–water partition coefficient (Wildman–Crippen LogP) is 2.38. The van der Waals surface area contributed by atoms with Gasteiger partial charge in [0.25, 0.3) is 0 Å². The fraction of sp³-hybridized carbons (Fsp3) is 0.875. The quantitative estimate of drug-likeness (QED) is 0.571. The lowest BCUT2D eigenvalue weighted by molar-refractivity contribution is -0.140. The van der Waals surface area contributed by atoms with E-state index in [1.54, 1.807) is 0 Å². The topological polar surface area (TPSA) is 26.3 Å². The molecule has 0 aliphatic rings. The van der Waals surface area contributed by atoms with Gasteiger partial charge in [-0.05, 0) is 6.42 Å². The van der Waals surface area contributed by atoms with Crippen LogP contribution in [0, 0.1) is 0 Å². The van der Waals surface area contributed by atoms with Gasteiger partial charge in [0.05, 0.1) is 7.11 Å². The molecule has 0 bridgehead atoms. The van der Waals surface area contributed by atoms with Gasteiger partial charge in [-0.15, -0.1) is 0 Å². The minimum Gasteiger partial charge on any atom is -0.469 e. The maximum absolute atomic E-state index is 10.3. The SMILES string of the molecule is CC.CCCCC(=O)OC. The van der Waals surface area contributed by atoms with Gasteiger partial charge in [0.2, 0.25) is 0 Å². The van der Waals surface area contributed by atoms with E-state index in [-0.39, 0.29) is 5.97 Å².